The summed E-state index contributed by atoms with van der Waals surface area (Å²) in [7, 11) is 0. The van der Waals surface area contributed by atoms with Crippen LogP contribution in [0.5, 0.6) is 0 Å². The monoisotopic (exact) mass is 508 g/mol. The van der Waals surface area contributed by atoms with Gasteiger partial charge in [0, 0.05) is 16.1 Å². The molecule has 2 nitrogen and oxygen atoms in total. The number of carbonyl (C=O) groups is 1. The summed E-state index contributed by atoms with van der Waals surface area (Å²) in [4.78, 5) is 11.2. The Balaban J connectivity index is 3.19. The molecule has 0 bridgehead atoms. The standard InChI is InChI=1S/C10H5Br4ClO2/c1-2-7(16)17-10(13,14)5-3-4-6(11)8(12)9(5)15/h2-4H,1H2. The number of ether oxygens (including phenoxy) is 1. The predicted molar refractivity (Wildman–Crippen MR) is 82.7 cm³/mol. The SMILES string of the molecule is C=CC(=O)OC(Br)(Br)c1ccc(Br)c(Br)c1Cl. The molecule has 1 aromatic carbocycles. The Morgan fingerprint density at radius 1 is 1.41 bits per heavy atom. The van der Waals surface area contributed by atoms with Crippen LogP contribution in [-0.4, -0.2) is 5.97 Å². The van der Waals surface area contributed by atoms with E-state index in [1.54, 1.807) is 12.1 Å². The van der Waals surface area contributed by atoms with Crippen molar-refractivity contribution in [3.8, 4) is 0 Å². The molecular weight excluding hydrogens is 507 g/mol. The summed E-state index contributed by atoms with van der Waals surface area (Å²) < 4.78 is 5.39. The molecule has 1 aromatic rings. The van der Waals surface area contributed by atoms with Gasteiger partial charge in [-0.1, -0.05) is 24.2 Å². The van der Waals surface area contributed by atoms with E-state index in [2.05, 4.69) is 70.3 Å². The number of carbonyl (C=O) groups excluding carboxylic acids is 1. The zero-order valence-electron chi connectivity index (χ0n) is 8.15. The first kappa shape index (κ1) is 15.7. The first-order valence-electron chi connectivity index (χ1n) is 4.16. The quantitative estimate of drug-likeness (QED) is 0.232. The zero-order valence-corrected chi connectivity index (χ0v) is 15.2. The third-order valence-electron chi connectivity index (χ3n) is 1.74. The van der Waals surface area contributed by atoms with Crippen LogP contribution in [0.4, 0.5) is 0 Å². The second-order valence-electron chi connectivity index (χ2n) is 2.86. The van der Waals surface area contributed by atoms with Crippen molar-refractivity contribution in [2.24, 2.45) is 0 Å². The molecular formula is C10H5Br4ClO2. The van der Waals surface area contributed by atoms with E-state index in [0.717, 1.165) is 10.5 Å². The van der Waals surface area contributed by atoms with Crippen molar-refractivity contribution in [1.29, 1.82) is 0 Å². The second-order valence-corrected chi connectivity index (χ2v) is 8.19. The van der Waals surface area contributed by atoms with Crippen LogP contribution in [0.25, 0.3) is 0 Å². The number of hydrogen-bond donors (Lipinski definition) is 0. The first-order valence-corrected chi connectivity index (χ1v) is 7.71. The second kappa shape index (κ2) is 6.19. The maximum absolute atomic E-state index is 11.2. The van der Waals surface area contributed by atoms with Gasteiger partial charge in [0.15, 0.2) is 0 Å². The third-order valence-corrected chi connectivity index (χ3v) is 5.56. The number of rotatable bonds is 3. The maximum atomic E-state index is 11.2. The van der Waals surface area contributed by atoms with Gasteiger partial charge in [0.25, 0.3) is 0 Å². The molecule has 0 saturated heterocycles. The third kappa shape index (κ3) is 3.80. The number of benzene rings is 1. The van der Waals surface area contributed by atoms with E-state index in [0.29, 0.717) is 15.1 Å². The molecule has 0 radical (unpaired) electrons. The van der Waals surface area contributed by atoms with Gasteiger partial charge < -0.3 is 4.74 Å². The Hall–Kier alpha value is 0.640. The van der Waals surface area contributed by atoms with Crippen molar-refractivity contribution in [3.63, 3.8) is 0 Å². The first-order chi connectivity index (χ1) is 7.79. The highest BCUT2D eigenvalue weighted by Crippen LogP contribution is 2.46. The van der Waals surface area contributed by atoms with Crippen LogP contribution in [0, 0.1) is 0 Å². The van der Waals surface area contributed by atoms with Crippen molar-refractivity contribution in [3.05, 3.63) is 44.3 Å². The van der Waals surface area contributed by atoms with Gasteiger partial charge in [-0.25, -0.2) is 4.79 Å². The fourth-order valence-corrected chi connectivity index (χ4v) is 3.27. The molecule has 0 aliphatic carbocycles. The normalized spacial score (nSPS) is 11.1. The lowest BCUT2D eigenvalue weighted by atomic mass is 10.2. The van der Waals surface area contributed by atoms with Crippen molar-refractivity contribution >= 4 is 81.3 Å². The topological polar surface area (TPSA) is 26.3 Å². The summed E-state index contributed by atoms with van der Waals surface area (Å²) in [5, 5.41) is 0.421. The van der Waals surface area contributed by atoms with E-state index in [1.807, 2.05) is 0 Å². The molecule has 0 atom stereocenters. The highest BCUT2D eigenvalue weighted by molar-refractivity contribution is 9.24. The minimum Gasteiger partial charge on any atom is -0.429 e. The van der Waals surface area contributed by atoms with Crippen LogP contribution < -0.4 is 0 Å². The molecule has 0 saturated carbocycles. The Morgan fingerprint density at radius 3 is 2.53 bits per heavy atom. The van der Waals surface area contributed by atoms with E-state index < -0.39 is 9.39 Å². The lowest BCUT2D eigenvalue weighted by Crippen LogP contribution is -2.18. The summed E-state index contributed by atoms with van der Waals surface area (Å²) in [5.41, 5.74) is 0.560. The van der Waals surface area contributed by atoms with Gasteiger partial charge in [0.2, 0.25) is 3.42 Å². The molecule has 0 aromatic heterocycles. The Morgan fingerprint density at radius 2 is 2.00 bits per heavy atom. The van der Waals surface area contributed by atoms with Gasteiger partial charge in [-0.05, 0) is 69.8 Å². The van der Waals surface area contributed by atoms with Crippen molar-refractivity contribution < 1.29 is 9.53 Å². The number of esters is 1. The molecule has 0 fully saturated rings. The van der Waals surface area contributed by atoms with Gasteiger partial charge in [0.05, 0.1) is 9.50 Å². The van der Waals surface area contributed by atoms with Crippen molar-refractivity contribution in [2.75, 3.05) is 0 Å². The lowest BCUT2D eigenvalue weighted by molar-refractivity contribution is -0.140. The molecule has 0 N–H and O–H groups in total. The smallest absolute Gasteiger partial charge is 0.332 e. The Bertz CT molecular complexity index is 474. The van der Waals surface area contributed by atoms with Crippen LogP contribution in [0.15, 0.2) is 33.7 Å². The van der Waals surface area contributed by atoms with Crippen molar-refractivity contribution in [2.45, 2.75) is 3.42 Å². The average Bonchev–Trinajstić information content (AvgIpc) is 2.24. The molecule has 17 heavy (non-hydrogen) atoms. The Kier molecular flexibility index (Phi) is 5.72. The number of alkyl halides is 2. The highest BCUT2D eigenvalue weighted by atomic mass is 79.9. The van der Waals surface area contributed by atoms with E-state index in [1.165, 1.54) is 0 Å². The molecule has 0 spiro atoms. The molecule has 7 heteroatoms. The lowest BCUT2D eigenvalue weighted by Gasteiger charge is -2.22. The molecule has 92 valence electrons. The maximum Gasteiger partial charge on any atom is 0.332 e. The molecule has 0 amide bonds. The van der Waals surface area contributed by atoms with Crippen molar-refractivity contribution in [1.82, 2.24) is 0 Å². The van der Waals surface area contributed by atoms with Gasteiger partial charge >= 0.3 is 5.97 Å². The molecule has 0 unspecified atom stereocenters. The van der Waals surface area contributed by atoms with E-state index in [-0.39, 0.29) is 0 Å². The van der Waals surface area contributed by atoms with Crippen LogP contribution in [0.1, 0.15) is 5.56 Å². The number of hydrogen-bond acceptors (Lipinski definition) is 2. The van der Waals surface area contributed by atoms with Gasteiger partial charge in [-0.15, -0.1) is 0 Å². The van der Waals surface area contributed by atoms with E-state index in [9.17, 15) is 4.79 Å². The predicted octanol–water partition coefficient (Wildman–Crippen LogP) is 5.49. The van der Waals surface area contributed by atoms with Gasteiger partial charge in [-0.2, -0.15) is 0 Å². The van der Waals surface area contributed by atoms with Crippen LogP contribution in [-0.2, 0) is 13.0 Å². The van der Waals surface area contributed by atoms with Crippen LogP contribution in [0.2, 0.25) is 5.02 Å². The highest BCUT2D eigenvalue weighted by Gasteiger charge is 2.32. The molecule has 0 heterocycles. The summed E-state index contributed by atoms with van der Waals surface area (Å²) in [6.07, 6.45) is 1.07. The van der Waals surface area contributed by atoms with Gasteiger partial charge in [0.1, 0.15) is 0 Å². The summed E-state index contributed by atoms with van der Waals surface area (Å²) in [6, 6.07) is 3.50. The van der Waals surface area contributed by atoms with E-state index in [4.69, 9.17) is 16.3 Å². The fourth-order valence-electron chi connectivity index (χ4n) is 0.974. The van der Waals surface area contributed by atoms with E-state index >= 15 is 0 Å². The van der Waals surface area contributed by atoms with Crippen LogP contribution >= 0.6 is 75.3 Å². The molecule has 0 aliphatic rings. The fraction of sp³-hybridized carbons (Fsp3) is 0.100. The molecule has 1 rings (SSSR count). The van der Waals surface area contributed by atoms with Crippen LogP contribution in [0.3, 0.4) is 0 Å². The zero-order chi connectivity index (χ0) is 13.2. The largest absolute Gasteiger partial charge is 0.429 e. The molecule has 0 aliphatic heterocycles. The summed E-state index contributed by atoms with van der Waals surface area (Å²) in [5.74, 6) is -0.575. The summed E-state index contributed by atoms with van der Waals surface area (Å²) >= 11 is 19.3. The Labute approximate surface area is 137 Å². The number of halogens is 5. The summed E-state index contributed by atoms with van der Waals surface area (Å²) in [6.45, 7) is 3.33. The average molecular weight is 512 g/mol. The van der Waals surface area contributed by atoms with Gasteiger partial charge in [-0.3, -0.25) is 0 Å². The minimum atomic E-state index is -1.19. The minimum absolute atomic E-state index is 0.421.